The summed E-state index contributed by atoms with van der Waals surface area (Å²) in [6, 6.07) is 5.52. The van der Waals surface area contributed by atoms with Crippen molar-refractivity contribution >= 4 is 11.9 Å². The Kier molecular flexibility index (Phi) is 4.86. The summed E-state index contributed by atoms with van der Waals surface area (Å²) in [6.07, 6.45) is 0. The third-order valence-corrected chi connectivity index (χ3v) is 2.70. The fourth-order valence-corrected chi connectivity index (χ4v) is 1.28. The zero-order valence-corrected chi connectivity index (χ0v) is 11.0. The molecule has 0 aromatic heterocycles. The molecule has 0 heterocycles. The molecule has 0 spiro atoms. The summed E-state index contributed by atoms with van der Waals surface area (Å²) >= 11 is 0. The number of amides is 3. The number of hydrogen-bond donors (Lipinski definition) is 3. The summed E-state index contributed by atoms with van der Waals surface area (Å²) in [6.45, 7) is 3.63. The monoisotopic (exact) mass is 267 g/mol. The second-order valence-electron chi connectivity index (χ2n) is 4.91. The predicted octanol–water partition coefficient (Wildman–Crippen LogP) is 1.14. The van der Waals surface area contributed by atoms with Crippen LogP contribution in [0.2, 0.25) is 0 Å². The number of rotatable bonds is 5. The van der Waals surface area contributed by atoms with Crippen molar-refractivity contribution in [3.8, 4) is 0 Å². The molecule has 0 atom stereocenters. The summed E-state index contributed by atoms with van der Waals surface area (Å²) in [5, 5.41) is 5.11. The Hall–Kier alpha value is -2.11. The van der Waals surface area contributed by atoms with Crippen molar-refractivity contribution in [1.29, 1.82) is 0 Å². The fraction of sp³-hybridized carbons (Fsp3) is 0.385. The van der Waals surface area contributed by atoms with Crippen LogP contribution in [0.5, 0.6) is 0 Å². The summed E-state index contributed by atoms with van der Waals surface area (Å²) in [4.78, 5) is 22.6. The third kappa shape index (κ3) is 4.95. The number of halogens is 1. The highest BCUT2D eigenvalue weighted by Gasteiger charge is 2.25. The summed E-state index contributed by atoms with van der Waals surface area (Å²) in [5.74, 6) is -0.840. The van der Waals surface area contributed by atoms with Crippen molar-refractivity contribution in [3.05, 3.63) is 35.6 Å². The van der Waals surface area contributed by atoms with E-state index in [1.807, 2.05) is 0 Å². The van der Waals surface area contributed by atoms with Gasteiger partial charge in [0.25, 0.3) is 0 Å². The molecule has 0 saturated heterocycles. The fourth-order valence-electron chi connectivity index (χ4n) is 1.28. The maximum atomic E-state index is 12.9. The number of hydrogen-bond acceptors (Lipinski definition) is 2. The Morgan fingerprint density at radius 3 is 2.58 bits per heavy atom. The van der Waals surface area contributed by atoms with Gasteiger partial charge in [0.15, 0.2) is 0 Å². The smallest absolute Gasteiger partial charge is 0.315 e. The number of urea groups is 1. The summed E-state index contributed by atoms with van der Waals surface area (Å²) < 4.78 is 12.9. The molecule has 0 bridgehead atoms. The van der Waals surface area contributed by atoms with E-state index in [-0.39, 0.29) is 18.9 Å². The topological polar surface area (TPSA) is 84.2 Å². The molecule has 1 aromatic carbocycles. The van der Waals surface area contributed by atoms with Crippen molar-refractivity contribution in [3.63, 3.8) is 0 Å². The van der Waals surface area contributed by atoms with Gasteiger partial charge in [0.1, 0.15) is 5.82 Å². The van der Waals surface area contributed by atoms with Crippen LogP contribution in [-0.4, -0.2) is 18.5 Å². The van der Waals surface area contributed by atoms with Gasteiger partial charge in [-0.1, -0.05) is 12.1 Å². The van der Waals surface area contributed by atoms with Gasteiger partial charge in [-0.3, -0.25) is 4.79 Å². The van der Waals surface area contributed by atoms with E-state index in [1.165, 1.54) is 12.1 Å². The zero-order chi connectivity index (χ0) is 14.5. The minimum Gasteiger partial charge on any atom is -0.369 e. The van der Waals surface area contributed by atoms with Crippen LogP contribution in [0.3, 0.4) is 0 Å². The van der Waals surface area contributed by atoms with Crippen LogP contribution >= 0.6 is 0 Å². The molecule has 0 radical (unpaired) electrons. The number of carbonyl (C=O) groups excluding carboxylic acids is 2. The molecule has 3 amide bonds. The predicted molar refractivity (Wildman–Crippen MR) is 69.6 cm³/mol. The molecule has 6 heteroatoms. The first-order chi connectivity index (χ1) is 8.81. The van der Waals surface area contributed by atoms with Crippen molar-refractivity contribution in [2.45, 2.75) is 20.4 Å². The van der Waals surface area contributed by atoms with Crippen LogP contribution in [0.1, 0.15) is 19.4 Å². The summed E-state index contributed by atoms with van der Waals surface area (Å²) in [5.41, 5.74) is 5.03. The second kappa shape index (κ2) is 6.17. The molecule has 1 rings (SSSR count). The third-order valence-electron chi connectivity index (χ3n) is 2.70. The van der Waals surface area contributed by atoms with Crippen LogP contribution in [-0.2, 0) is 11.3 Å². The molecule has 0 unspecified atom stereocenters. The van der Waals surface area contributed by atoms with Gasteiger partial charge >= 0.3 is 6.03 Å². The molecule has 19 heavy (non-hydrogen) atoms. The van der Waals surface area contributed by atoms with Gasteiger partial charge in [-0.25, -0.2) is 9.18 Å². The molecule has 0 aliphatic rings. The van der Waals surface area contributed by atoms with Gasteiger partial charge in [0.05, 0.1) is 5.41 Å². The van der Waals surface area contributed by atoms with E-state index in [4.69, 9.17) is 5.73 Å². The van der Waals surface area contributed by atoms with E-state index in [0.717, 1.165) is 0 Å². The molecular formula is C13H18FN3O2. The maximum Gasteiger partial charge on any atom is 0.315 e. The lowest BCUT2D eigenvalue weighted by Gasteiger charge is -2.20. The molecule has 4 N–H and O–H groups in total. The largest absolute Gasteiger partial charge is 0.369 e. The molecule has 0 fully saturated rings. The molecule has 0 saturated carbocycles. The first kappa shape index (κ1) is 14.9. The van der Waals surface area contributed by atoms with Crippen LogP contribution in [0, 0.1) is 11.2 Å². The molecule has 104 valence electrons. The standard InChI is InChI=1S/C13H18FN3O2/c1-13(2,11(15)18)8-17-12(19)16-7-9-4-3-5-10(14)6-9/h3-6H,7-8H2,1-2H3,(H2,15,18)(H2,16,17,19). The summed E-state index contributed by atoms with van der Waals surface area (Å²) in [7, 11) is 0. The van der Waals surface area contributed by atoms with Gasteiger partial charge in [0, 0.05) is 13.1 Å². The number of primary amides is 1. The molecule has 5 nitrogen and oxygen atoms in total. The van der Waals surface area contributed by atoms with Gasteiger partial charge < -0.3 is 16.4 Å². The van der Waals surface area contributed by atoms with Crippen molar-refractivity contribution in [2.75, 3.05) is 6.54 Å². The maximum absolute atomic E-state index is 12.9. The highest BCUT2D eigenvalue weighted by atomic mass is 19.1. The minimum atomic E-state index is -0.809. The Morgan fingerprint density at radius 1 is 1.32 bits per heavy atom. The van der Waals surface area contributed by atoms with E-state index < -0.39 is 17.4 Å². The first-order valence-electron chi connectivity index (χ1n) is 5.87. The van der Waals surface area contributed by atoms with E-state index in [1.54, 1.807) is 26.0 Å². The van der Waals surface area contributed by atoms with E-state index >= 15 is 0 Å². The van der Waals surface area contributed by atoms with Crippen molar-refractivity contribution in [2.24, 2.45) is 11.1 Å². The number of nitrogens with one attached hydrogen (secondary N) is 2. The zero-order valence-electron chi connectivity index (χ0n) is 11.0. The second-order valence-corrected chi connectivity index (χ2v) is 4.91. The molecule has 1 aromatic rings. The van der Waals surface area contributed by atoms with E-state index in [0.29, 0.717) is 5.56 Å². The molecule has 0 aliphatic heterocycles. The number of carbonyl (C=O) groups is 2. The van der Waals surface area contributed by atoms with Gasteiger partial charge in [-0.2, -0.15) is 0 Å². The van der Waals surface area contributed by atoms with Crippen LogP contribution < -0.4 is 16.4 Å². The lowest BCUT2D eigenvalue weighted by molar-refractivity contribution is -0.125. The van der Waals surface area contributed by atoms with Gasteiger partial charge in [-0.15, -0.1) is 0 Å². The number of benzene rings is 1. The quantitative estimate of drug-likeness (QED) is 0.747. The Bertz CT molecular complexity index is 475. The highest BCUT2D eigenvalue weighted by Crippen LogP contribution is 2.11. The average molecular weight is 267 g/mol. The van der Waals surface area contributed by atoms with Crippen molar-refractivity contribution < 1.29 is 14.0 Å². The highest BCUT2D eigenvalue weighted by molar-refractivity contribution is 5.81. The normalized spacial score (nSPS) is 10.9. The Balaban J connectivity index is 2.39. The molecular weight excluding hydrogens is 249 g/mol. The number of nitrogens with two attached hydrogens (primary N) is 1. The van der Waals surface area contributed by atoms with Gasteiger partial charge in [-0.05, 0) is 31.5 Å². The Morgan fingerprint density at radius 2 is 2.00 bits per heavy atom. The lowest BCUT2D eigenvalue weighted by atomic mass is 9.93. The first-order valence-corrected chi connectivity index (χ1v) is 5.87. The minimum absolute atomic E-state index is 0.136. The van der Waals surface area contributed by atoms with E-state index in [9.17, 15) is 14.0 Å². The van der Waals surface area contributed by atoms with Crippen LogP contribution in [0.15, 0.2) is 24.3 Å². The van der Waals surface area contributed by atoms with Crippen LogP contribution in [0.4, 0.5) is 9.18 Å². The SMILES string of the molecule is CC(C)(CNC(=O)NCc1cccc(F)c1)C(N)=O. The lowest BCUT2D eigenvalue weighted by Crippen LogP contribution is -2.45. The van der Waals surface area contributed by atoms with E-state index in [2.05, 4.69) is 10.6 Å². The van der Waals surface area contributed by atoms with Crippen LogP contribution in [0.25, 0.3) is 0 Å². The average Bonchev–Trinajstić information content (AvgIpc) is 2.34. The van der Waals surface area contributed by atoms with Crippen molar-refractivity contribution in [1.82, 2.24) is 10.6 Å². The van der Waals surface area contributed by atoms with Gasteiger partial charge in [0.2, 0.25) is 5.91 Å². The molecule has 0 aliphatic carbocycles. The Labute approximate surface area is 111 Å².